The quantitative estimate of drug-likeness (QED) is 0.804. The molecule has 140 valence electrons. The molecule has 0 amide bonds. The minimum Gasteiger partial charge on any atom is -0.504 e. The van der Waals surface area contributed by atoms with E-state index in [4.69, 9.17) is 18.9 Å². The second-order valence-electron chi connectivity index (χ2n) is 6.90. The van der Waals surface area contributed by atoms with Gasteiger partial charge in [0.1, 0.15) is 0 Å². The van der Waals surface area contributed by atoms with Crippen LogP contribution in [0.1, 0.15) is 25.0 Å². The lowest BCUT2D eigenvalue weighted by Crippen LogP contribution is -2.14. The Kier molecular flexibility index (Phi) is 5.45. The van der Waals surface area contributed by atoms with Gasteiger partial charge in [0.25, 0.3) is 0 Å². The van der Waals surface area contributed by atoms with Crippen LogP contribution in [-0.4, -0.2) is 26.1 Å². The summed E-state index contributed by atoms with van der Waals surface area (Å²) in [5.74, 6) is 3.57. The zero-order chi connectivity index (χ0) is 18.7. The molecule has 0 fully saturated rings. The van der Waals surface area contributed by atoms with Gasteiger partial charge >= 0.3 is 0 Å². The number of benzene rings is 2. The molecule has 3 rings (SSSR count). The Balaban J connectivity index is 1.67. The average molecular weight is 358 g/mol. The number of phenolic OH excluding ortho intramolecular Hbond substituents is 1. The maximum atomic E-state index is 10.1. The normalized spacial score (nSPS) is 14.8. The lowest BCUT2D eigenvalue weighted by Gasteiger charge is -2.21. The summed E-state index contributed by atoms with van der Waals surface area (Å²) in [6.45, 7) is 4.77. The van der Waals surface area contributed by atoms with E-state index in [0.717, 1.165) is 29.9 Å². The van der Waals surface area contributed by atoms with E-state index in [0.29, 0.717) is 30.1 Å². The lowest BCUT2D eigenvalue weighted by molar-refractivity contribution is 0.174. The van der Waals surface area contributed by atoms with Crippen LogP contribution in [0.25, 0.3) is 0 Å². The molecular formula is C21H26O5. The summed E-state index contributed by atoms with van der Waals surface area (Å²) in [6, 6.07) is 9.82. The fourth-order valence-corrected chi connectivity index (χ4v) is 3.33. The highest BCUT2D eigenvalue weighted by molar-refractivity contribution is 5.53. The Labute approximate surface area is 154 Å². The van der Waals surface area contributed by atoms with Gasteiger partial charge in [0.05, 0.1) is 14.2 Å². The van der Waals surface area contributed by atoms with Crippen LogP contribution in [-0.2, 0) is 12.8 Å². The van der Waals surface area contributed by atoms with E-state index in [-0.39, 0.29) is 5.75 Å². The molecule has 0 aromatic heterocycles. The number of rotatable bonds is 7. The van der Waals surface area contributed by atoms with Gasteiger partial charge in [-0.05, 0) is 60.1 Å². The SMILES string of the molecule is COc1cc(C[C@H](C)[C@H](C)Cc2ccc3c(c2)OCO3)cc(O)c1OC. The molecule has 1 aliphatic heterocycles. The number of methoxy groups -OCH3 is 2. The third-order valence-corrected chi connectivity index (χ3v) is 5.04. The fourth-order valence-electron chi connectivity index (χ4n) is 3.33. The number of hydrogen-bond donors (Lipinski definition) is 1. The molecule has 0 saturated carbocycles. The van der Waals surface area contributed by atoms with Gasteiger partial charge in [0.15, 0.2) is 23.0 Å². The summed E-state index contributed by atoms with van der Waals surface area (Å²) in [6.07, 6.45) is 1.80. The molecule has 0 saturated heterocycles. The number of ether oxygens (including phenoxy) is 4. The molecule has 0 aliphatic carbocycles. The highest BCUT2D eigenvalue weighted by Crippen LogP contribution is 2.38. The van der Waals surface area contributed by atoms with Gasteiger partial charge in [-0.15, -0.1) is 0 Å². The maximum Gasteiger partial charge on any atom is 0.231 e. The third-order valence-electron chi connectivity index (χ3n) is 5.04. The summed E-state index contributed by atoms with van der Waals surface area (Å²) in [7, 11) is 3.10. The molecule has 2 atom stereocenters. The van der Waals surface area contributed by atoms with E-state index < -0.39 is 0 Å². The van der Waals surface area contributed by atoms with Crippen molar-refractivity contribution >= 4 is 0 Å². The lowest BCUT2D eigenvalue weighted by atomic mass is 9.85. The number of aromatic hydroxyl groups is 1. The van der Waals surface area contributed by atoms with Crippen molar-refractivity contribution in [2.75, 3.05) is 21.0 Å². The first-order valence-corrected chi connectivity index (χ1v) is 8.84. The molecule has 5 heteroatoms. The van der Waals surface area contributed by atoms with E-state index in [1.807, 2.05) is 12.1 Å². The maximum absolute atomic E-state index is 10.1. The van der Waals surface area contributed by atoms with Gasteiger partial charge in [-0.3, -0.25) is 0 Å². The van der Waals surface area contributed by atoms with Gasteiger partial charge in [0.2, 0.25) is 12.5 Å². The number of hydrogen-bond acceptors (Lipinski definition) is 5. The van der Waals surface area contributed by atoms with Gasteiger partial charge in [-0.1, -0.05) is 19.9 Å². The van der Waals surface area contributed by atoms with Gasteiger partial charge in [-0.25, -0.2) is 0 Å². The van der Waals surface area contributed by atoms with Crippen molar-refractivity contribution in [2.45, 2.75) is 26.7 Å². The smallest absolute Gasteiger partial charge is 0.231 e. The Morgan fingerprint density at radius 3 is 2.31 bits per heavy atom. The topological polar surface area (TPSA) is 57.2 Å². The van der Waals surface area contributed by atoms with Crippen LogP contribution >= 0.6 is 0 Å². The van der Waals surface area contributed by atoms with Crippen LogP contribution in [0.5, 0.6) is 28.7 Å². The molecule has 0 bridgehead atoms. The molecule has 0 unspecified atom stereocenters. The van der Waals surface area contributed by atoms with Crippen LogP contribution < -0.4 is 18.9 Å². The van der Waals surface area contributed by atoms with Crippen LogP contribution in [0.3, 0.4) is 0 Å². The van der Waals surface area contributed by atoms with Crippen molar-refractivity contribution in [1.29, 1.82) is 0 Å². The molecule has 5 nitrogen and oxygen atoms in total. The number of phenols is 1. The highest BCUT2D eigenvalue weighted by atomic mass is 16.7. The van der Waals surface area contributed by atoms with E-state index >= 15 is 0 Å². The van der Waals surface area contributed by atoms with E-state index in [1.54, 1.807) is 13.2 Å². The van der Waals surface area contributed by atoms with Gasteiger partial charge < -0.3 is 24.1 Å². The first kappa shape index (κ1) is 18.2. The summed E-state index contributed by atoms with van der Waals surface area (Å²) in [5.41, 5.74) is 2.27. The first-order chi connectivity index (χ1) is 12.5. The highest BCUT2D eigenvalue weighted by Gasteiger charge is 2.19. The van der Waals surface area contributed by atoms with Crippen molar-refractivity contribution in [3.63, 3.8) is 0 Å². The minimum absolute atomic E-state index is 0.109. The van der Waals surface area contributed by atoms with E-state index in [2.05, 4.69) is 26.0 Å². The average Bonchev–Trinajstić information content (AvgIpc) is 3.08. The van der Waals surface area contributed by atoms with E-state index in [9.17, 15) is 5.11 Å². The molecule has 0 spiro atoms. The van der Waals surface area contributed by atoms with Gasteiger partial charge in [-0.2, -0.15) is 0 Å². The Hall–Kier alpha value is -2.56. The second kappa shape index (κ2) is 7.77. The summed E-state index contributed by atoms with van der Waals surface area (Å²) < 4.78 is 21.4. The van der Waals surface area contributed by atoms with Crippen molar-refractivity contribution in [2.24, 2.45) is 11.8 Å². The van der Waals surface area contributed by atoms with Crippen LogP contribution in [0.2, 0.25) is 0 Å². The molecule has 2 aromatic rings. The van der Waals surface area contributed by atoms with Crippen molar-refractivity contribution in [1.82, 2.24) is 0 Å². The largest absolute Gasteiger partial charge is 0.504 e. The molecule has 2 aromatic carbocycles. The first-order valence-electron chi connectivity index (χ1n) is 8.84. The third kappa shape index (κ3) is 3.82. The fraction of sp³-hybridized carbons (Fsp3) is 0.429. The van der Waals surface area contributed by atoms with Crippen molar-refractivity contribution < 1.29 is 24.1 Å². The zero-order valence-corrected chi connectivity index (χ0v) is 15.7. The van der Waals surface area contributed by atoms with E-state index in [1.165, 1.54) is 12.7 Å². The van der Waals surface area contributed by atoms with Crippen LogP contribution in [0, 0.1) is 11.8 Å². The Morgan fingerprint density at radius 1 is 0.923 bits per heavy atom. The molecule has 1 heterocycles. The molecular weight excluding hydrogens is 332 g/mol. The predicted molar refractivity (Wildman–Crippen MR) is 99.5 cm³/mol. The second-order valence-corrected chi connectivity index (χ2v) is 6.90. The monoisotopic (exact) mass is 358 g/mol. The molecule has 0 radical (unpaired) electrons. The van der Waals surface area contributed by atoms with Crippen molar-refractivity contribution in [3.8, 4) is 28.7 Å². The van der Waals surface area contributed by atoms with Gasteiger partial charge in [0, 0.05) is 0 Å². The van der Waals surface area contributed by atoms with Crippen LogP contribution in [0.4, 0.5) is 0 Å². The number of fused-ring (bicyclic) bond motifs is 1. The Morgan fingerprint density at radius 2 is 1.62 bits per heavy atom. The van der Waals surface area contributed by atoms with Crippen molar-refractivity contribution in [3.05, 3.63) is 41.5 Å². The standard InChI is InChI=1S/C21H26O5/c1-13(7-15-5-6-18-19(10-15)26-12-25-18)14(2)8-16-9-17(22)21(24-4)20(11-16)23-3/h5-6,9-11,13-14,22H,7-8,12H2,1-4H3/t13-,14+/m1/s1. The zero-order valence-electron chi connectivity index (χ0n) is 15.7. The van der Waals surface area contributed by atoms with Crippen LogP contribution in [0.15, 0.2) is 30.3 Å². The summed E-state index contributed by atoms with van der Waals surface area (Å²) in [5, 5.41) is 10.1. The minimum atomic E-state index is 0.109. The molecule has 1 N–H and O–H groups in total. The molecule has 26 heavy (non-hydrogen) atoms. The predicted octanol–water partition coefficient (Wildman–Crippen LogP) is 4.20. The summed E-state index contributed by atoms with van der Waals surface area (Å²) >= 11 is 0. The Bertz CT molecular complexity index is 771. The summed E-state index contributed by atoms with van der Waals surface area (Å²) in [4.78, 5) is 0. The molecule has 1 aliphatic rings.